The van der Waals surface area contributed by atoms with Crippen molar-refractivity contribution in [2.75, 3.05) is 0 Å². The first kappa shape index (κ1) is 13.7. The summed E-state index contributed by atoms with van der Waals surface area (Å²) in [6, 6.07) is 12.8. The van der Waals surface area contributed by atoms with Gasteiger partial charge in [-0.05, 0) is 23.8 Å². The molecular formula is C15H10N4O3. The van der Waals surface area contributed by atoms with Gasteiger partial charge in [0.15, 0.2) is 0 Å². The maximum absolute atomic E-state index is 10.8. The molecule has 7 nitrogen and oxygen atoms in total. The maximum atomic E-state index is 10.8. The third kappa shape index (κ3) is 2.39. The van der Waals surface area contributed by atoms with E-state index in [4.69, 9.17) is 5.26 Å². The number of aromatic nitrogens is 2. The summed E-state index contributed by atoms with van der Waals surface area (Å²) in [5.74, 6) is 0.292. The zero-order valence-corrected chi connectivity index (χ0v) is 11.2. The largest absolute Gasteiger partial charge is 0.380 e. The van der Waals surface area contributed by atoms with Crippen LogP contribution in [0.3, 0.4) is 0 Å². The Bertz CT molecular complexity index is 893. The van der Waals surface area contributed by atoms with Gasteiger partial charge in [-0.1, -0.05) is 12.1 Å². The number of nitrogens with one attached hydrogen (secondary N) is 1. The van der Waals surface area contributed by atoms with E-state index in [9.17, 15) is 15.2 Å². The predicted octanol–water partition coefficient (Wildman–Crippen LogP) is 2.42. The molecule has 0 spiro atoms. The molecule has 0 radical (unpaired) electrons. The highest BCUT2D eigenvalue weighted by atomic mass is 16.6. The minimum atomic E-state index is -1.00. The van der Waals surface area contributed by atoms with Gasteiger partial charge in [-0.15, -0.1) is 0 Å². The van der Waals surface area contributed by atoms with Gasteiger partial charge < -0.3 is 10.1 Å². The fourth-order valence-corrected chi connectivity index (χ4v) is 2.15. The molecule has 0 aliphatic carbocycles. The molecular weight excluding hydrogens is 284 g/mol. The molecule has 2 aromatic carbocycles. The summed E-state index contributed by atoms with van der Waals surface area (Å²) in [7, 11) is 0. The average Bonchev–Trinajstić information content (AvgIpc) is 2.97. The van der Waals surface area contributed by atoms with Crippen LogP contribution in [0.1, 0.15) is 23.1 Å². The Morgan fingerprint density at radius 1 is 1.27 bits per heavy atom. The quantitative estimate of drug-likeness (QED) is 0.568. The molecule has 3 aromatic rings. The number of nitro groups is 1. The second-order valence-corrected chi connectivity index (χ2v) is 4.72. The Labute approximate surface area is 124 Å². The molecule has 0 saturated heterocycles. The number of aromatic amines is 1. The number of nitriles is 1. The molecule has 2 N–H and O–H groups in total. The van der Waals surface area contributed by atoms with E-state index in [1.54, 1.807) is 30.3 Å². The van der Waals surface area contributed by atoms with Gasteiger partial charge in [0.05, 0.1) is 27.6 Å². The van der Waals surface area contributed by atoms with Crippen molar-refractivity contribution in [3.8, 4) is 6.07 Å². The number of imidazole rings is 1. The molecule has 3 rings (SSSR count). The van der Waals surface area contributed by atoms with Crippen LogP contribution >= 0.6 is 0 Å². The lowest BCUT2D eigenvalue weighted by atomic mass is 10.1. The summed E-state index contributed by atoms with van der Waals surface area (Å²) >= 11 is 0. The highest BCUT2D eigenvalue weighted by Crippen LogP contribution is 2.24. The molecule has 0 fully saturated rings. The van der Waals surface area contributed by atoms with Crippen LogP contribution in [0.4, 0.5) is 5.69 Å². The highest BCUT2D eigenvalue weighted by Gasteiger charge is 2.16. The molecule has 0 saturated carbocycles. The van der Waals surface area contributed by atoms with Crippen molar-refractivity contribution in [3.63, 3.8) is 0 Å². The van der Waals surface area contributed by atoms with Crippen molar-refractivity contribution in [2.24, 2.45) is 0 Å². The average molecular weight is 294 g/mol. The van der Waals surface area contributed by atoms with Crippen LogP contribution in [0.25, 0.3) is 11.0 Å². The lowest BCUT2D eigenvalue weighted by molar-refractivity contribution is -0.384. The number of H-pyrrole nitrogens is 1. The third-order valence-electron chi connectivity index (χ3n) is 3.31. The van der Waals surface area contributed by atoms with Crippen molar-refractivity contribution in [2.45, 2.75) is 6.10 Å². The normalized spacial score (nSPS) is 12.0. The maximum Gasteiger partial charge on any atom is 0.271 e. The summed E-state index contributed by atoms with van der Waals surface area (Å²) in [5, 5.41) is 29.8. The van der Waals surface area contributed by atoms with Crippen molar-refractivity contribution >= 4 is 16.7 Å². The smallest absolute Gasteiger partial charge is 0.271 e. The summed E-state index contributed by atoms with van der Waals surface area (Å²) in [4.78, 5) is 17.4. The second kappa shape index (κ2) is 5.27. The van der Waals surface area contributed by atoms with E-state index in [0.29, 0.717) is 28.0 Å². The first-order chi connectivity index (χ1) is 10.6. The molecule has 0 amide bonds. The summed E-state index contributed by atoms with van der Waals surface area (Å²) in [5.41, 5.74) is 2.03. The third-order valence-corrected chi connectivity index (χ3v) is 3.31. The zero-order valence-electron chi connectivity index (χ0n) is 11.2. The number of nitro benzene ring substituents is 1. The number of aliphatic hydroxyl groups is 1. The predicted molar refractivity (Wildman–Crippen MR) is 78.0 cm³/mol. The number of hydrogen-bond donors (Lipinski definition) is 2. The summed E-state index contributed by atoms with van der Waals surface area (Å²) in [6.45, 7) is 0. The van der Waals surface area contributed by atoms with Crippen LogP contribution in [0.2, 0.25) is 0 Å². The van der Waals surface area contributed by atoms with Crippen molar-refractivity contribution in [1.29, 1.82) is 5.26 Å². The molecule has 7 heteroatoms. The Morgan fingerprint density at radius 2 is 2.00 bits per heavy atom. The van der Waals surface area contributed by atoms with E-state index < -0.39 is 11.0 Å². The minimum Gasteiger partial charge on any atom is -0.380 e. The Balaban J connectivity index is 1.98. The van der Waals surface area contributed by atoms with Gasteiger partial charge in [0, 0.05) is 12.1 Å². The van der Waals surface area contributed by atoms with Gasteiger partial charge in [-0.2, -0.15) is 5.26 Å². The molecule has 0 bridgehead atoms. The Kier molecular flexibility index (Phi) is 3.29. The Morgan fingerprint density at radius 3 is 2.64 bits per heavy atom. The standard InChI is InChI=1S/C15H10N4O3/c16-8-9-1-3-10(4-2-9)14(20)15-17-12-6-5-11(19(21)22)7-13(12)18-15/h1-7,14,20H,(H,17,18). The fourth-order valence-electron chi connectivity index (χ4n) is 2.15. The van der Waals surface area contributed by atoms with Gasteiger partial charge in [0.2, 0.25) is 0 Å². The van der Waals surface area contributed by atoms with Crippen LogP contribution in [0.15, 0.2) is 42.5 Å². The summed E-state index contributed by atoms with van der Waals surface area (Å²) < 4.78 is 0. The van der Waals surface area contributed by atoms with Crippen LogP contribution in [-0.2, 0) is 0 Å². The minimum absolute atomic E-state index is 0.0570. The number of rotatable bonds is 3. The van der Waals surface area contributed by atoms with E-state index in [0.717, 1.165) is 0 Å². The van der Waals surface area contributed by atoms with Gasteiger partial charge in [0.25, 0.3) is 5.69 Å². The Hall–Kier alpha value is -3.24. The van der Waals surface area contributed by atoms with Gasteiger partial charge in [0.1, 0.15) is 11.9 Å². The molecule has 22 heavy (non-hydrogen) atoms. The molecule has 1 unspecified atom stereocenters. The van der Waals surface area contributed by atoms with E-state index in [-0.39, 0.29) is 5.69 Å². The molecule has 1 aromatic heterocycles. The van der Waals surface area contributed by atoms with Gasteiger partial charge in [-0.25, -0.2) is 4.98 Å². The number of hydrogen-bond acceptors (Lipinski definition) is 5. The lowest BCUT2D eigenvalue weighted by Crippen LogP contribution is -2.01. The first-order valence-electron chi connectivity index (χ1n) is 6.40. The van der Waals surface area contributed by atoms with Gasteiger partial charge >= 0.3 is 0 Å². The second-order valence-electron chi connectivity index (χ2n) is 4.72. The van der Waals surface area contributed by atoms with E-state index in [1.165, 1.54) is 12.1 Å². The molecule has 1 atom stereocenters. The van der Waals surface area contributed by atoms with Crippen LogP contribution in [0, 0.1) is 21.4 Å². The number of non-ortho nitro benzene ring substituents is 1. The molecule has 1 heterocycles. The van der Waals surface area contributed by atoms with Crippen molar-refractivity contribution in [3.05, 3.63) is 69.5 Å². The molecule has 108 valence electrons. The molecule has 0 aliphatic rings. The lowest BCUT2D eigenvalue weighted by Gasteiger charge is -2.07. The fraction of sp³-hybridized carbons (Fsp3) is 0.0667. The number of benzene rings is 2. The SMILES string of the molecule is N#Cc1ccc(C(O)c2nc3cc([N+](=O)[O-])ccc3[nH]2)cc1. The number of fused-ring (bicyclic) bond motifs is 1. The first-order valence-corrected chi connectivity index (χ1v) is 6.40. The van der Waals surface area contributed by atoms with E-state index >= 15 is 0 Å². The van der Waals surface area contributed by atoms with E-state index in [2.05, 4.69) is 9.97 Å². The highest BCUT2D eigenvalue weighted by molar-refractivity contribution is 5.77. The topological polar surface area (TPSA) is 116 Å². The number of aliphatic hydroxyl groups excluding tert-OH is 1. The van der Waals surface area contributed by atoms with Crippen LogP contribution in [0.5, 0.6) is 0 Å². The van der Waals surface area contributed by atoms with Crippen LogP contribution < -0.4 is 0 Å². The summed E-state index contributed by atoms with van der Waals surface area (Å²) in [6.07, 6.45) is -1.00. The monoisotopic (exact) mass is 294 g/mol. The van der Waals surface area contributed by atoms with Crippen molar-refractivity contribution in [1.82, 2.24) is 9.97 Å². The van der Waals surface area contributed by atoms with Gasteiger partial charge in [-0.3, -0.25) is 10.1 Å². The molecule has 0 aliphatic heterocycles. The van der Waals surface area contributed by atoms with Crippen LogP contribution in [-0.4, -0.2) is 20.0 Å². The van der Waals surface area contributed by atoms with Crippen molar-refractivity contribution < 1.29 is 10.0 Å². The van der Waals surface area contributed by atoms with E-state index in [1.807, 2.05) is 6.07 Å². The number of nitrogens with zero attached hydrogens (tertiary/aromatic N) is 3. The zero-order chi connectivity index (χ0) is 15.7.